The number of likely N-dealkylation sites (tertiary alicyclic amines) is 1. The molecule has 0 radical (unpaired) electrons. The monoisotopic (exact) mass is 240 g/mol. The Morgan fingerprint density at radius 1 is 1.24 bits per heavy atom. The molecule has 0 aromatic rings. The molecule has 1 aliphatic rings. The van der Waals surface area contributed by atoms with Gasteiger partial charge in [0, 0.05) is 12.0 Å². The Morgan fingerprint density at radius 3 is 2.18 bits per heavy atom. The first kappa shape index (κ1) is 14.7. The average molecular weight is 240 g/mol. The van der Waals surface area contributed by atoms with Gasteiger partial charge in [0.1, 0.15) is 5.78 Å². The van der Waals surface area contributed by atoms with Crippen LogP contribution in [0.25, 0.3) is 0 Å². The van der Waals surface area contributed by atoms with Gasteiger partial charge < -0.3 is 4.90 Å². The van der Waals surface area contributed by atoms with E-state index >= 15 is 0 Å². The molecule has 1 fully saturated rings. The maximum absolute atomic E-state index is 11.7. The molecule has 1 saturated heterocycles. The molecule has 0 aromatic carbocycles. The summed E-state index contributed by atoms with van der Waals surface area (Å²) in [6.07, 6.45) is 3.13. The molecule has 0 N–H and O–H groups in total. The van der Waals surface area contributed by atoms with Gasteiger partial charge in [0.05, 0.1) is 6.54 Å². The number of ketones is 1. The second-order valence-electron chi connectivity index (χ2n) is 6.58. The van der Waals surface area contributed by atoms with E-state index in [1.807, 2.05) is 19.0 Å². The van der Waals surface area contributed by atoms with Crippen molar-refractivity contribution in [3.63, 3.8) is 0 Å². The molecule has 0 spiro atoms. The summed E-state index contributed by atoms with van der Waals surface area (Å²) in [7, 11) is 3.92. The molecule has 3 nitrogen and oxygen atoms in total. The predicted molar refractivity (Wildman–Crippen MR) is 72.2 cm³/mol. The minimum absolute atomic E-state index is 0.276. The predicted octanol–water partition coefficient (Wildman–Crippen LogP) is 2.02. The van der Waals surface area contributed by atoms with Crippen LogP contribution < -0.4 is 0 Å². The number of hydrogen-bond donors (Lipinski definition) is 0. The number of Topliss-reactive ketones (excluding diaryl/α,β-unsaturated/α-hetero) is 1. The van der Waals surface area contributed by atoms with Gasteiger partial charge in [0.2, 0.25) is 0 Å². The van der Waals surface area contributed by atoms with Gasteiger partial charge >= 0.3 is 0 Å². The molecule has 1 aliphatic heterocycles. The summed E-state index contributed by atoms with van der Waals surface area (Å²) < 4.78 is 0. The number of hydrogen-bond acceptors (Lipinski definition) is 3. The van der Waals surface area contributed by atoms with E-state index < -0.39 is 0 Å². The largest absolute Gasteiger partial charge is 0.302 e. The van der Waals surface area contributed by atoms with E-state index in [9.17, 15) is 4.79 Å². The van der Waals surface area contributed by atoms with Gasteiger partial charge in [-0.3, -0.25) is 9.69 Å². The van der Waals surface area contributed by atoms with E-state index in [4.69, 9.17) is 0 Å². The third kappa shape index (κ3) is 5.17. The Labute approximate surface area is 106 Å². The van der Waals surface area contributed by atoms with Crippen LogP contribution in [0.3, 0.4) is 0 Å². The lowest BCUT2D eigenvalue weighted by molar-refractivity contribution is -0.121. The molecule has 0 amide bonds. The van der Waals surface area contributed by atoms with E-state index in [1.165, 1.54) is 12.8 Å². The van der Waals surface area contributed by atoms with Gasteiger partial charge in [-0.2, -0.15) is 0 Å². The second-order valence-corrected chi connectivity index (χ2v) is 6.58. The van der Waals surface area contributed by atoms with Crippen molar-refractivity contribution in [1.29, 1.82) is 0 Å². The van der Waals surface area contributed by atoms with E-state index in [1.54, 1.807) is 0 Å². The Morgan fingerprint density at radius 2 is 1.76 bits per heavy atom. The van der Waals surface area contributed by atoms with Crippen LogP contribution in [-0.2, 0) is 4.79 Å². The first-order chi connectivity index (χ1) is 7.79. The fraction of sp³-hybridized carbons (Fsp3) is 0.929. The fourth-order valence-electron chi connectivity index (χ4n) is 2.55. The van der Waals surface area contributed by atoms with Gasteiger partial charge in [0.25, 0.3) is 0 Å². The van der Waals surface area contributed by atoms with Gasteiger partial charge in [-0.25, -0.2) is 0 Å². The lowest BCUT2D eigenvalue weighted by Crippen LogP contribution is -2.46. The quantitative estimate of drug-likeness (QED) is 0.751. The van der Waals surface area contributed by atoms with Crippen LogP contribution in [0.2, 0.25) is 0 Å². The first-order valence-electron chi connectivity index (χ1n) is 6.70. The Kier molecular flexibility index (Phi) is 5.14. The molecule has 0 saturated carbocycles. The molecule has 17 heavy (non-hydrogen) atoms. The molecule has 0 atom stereocenters. The summed E-state index contributed by atoms with van der Waals surface area (Å²) in [5.41, 5.74) is 0.276. The Hall–Kier alpha value is -0.410. The Balaban J connectivity index is 2.30. The zero-order valence-electron chi connectivity index (χ0n) is 12.1. The zero-order valence-corrected chi connectivity index (χ0v) is 12.1. The molecule has 1 rings (SSSR count). The molecule has 0 bridgehead atoms. The fourth-order valence-corrected chi connectivity index (χ4v) is 2.55. The van der Waals surface area contributed by atoms with Crippen molar-refractivity contribution < 1.29 is 4.79 Å². The number of likely N-dealkylation sites (N-methyl/N-ethyl adjacent to an activating group) is 1. The molecule has 0 aromatic heterocycles. The molecule has 100 valence electrons. The molecule has 3 heteroatoms. The standard InChI is InChI=1S/C14H28N2O/c1-14(2,3)16-8-6-12(7-9-16)10-13(17)11-15(4)5/h12H,6-11H2,1-5H3. The second kappa shape index (κ2) is 5.96. The van der Waals surface area contributed by atoms with E-state index in [-0.39, 0.29) is 5.54 Å². The highest BCUT2D eigenvalue weighted by Crippen LogP contribution is 2.25. The minimum atomic E-state index is 0.276. The lowest BCUT2D eigenvalue weighted by Gasteiger charge is -2.40. The van der Waals surface area contributed by atoms with Crippen LogP contribution in [0.15, 0.2) is 0 Å². The van der Waals surface area contributed by atoms with Crippen LogP contribution in [-0.4, -0.2) is 54.9 Å². The van der Waals surface area contributed by atoms with Crippen LogP contribution in [0.1, 0.15) is 40.0 Å². The maximum Gasteiger partial charge on any atom is 0.147 e. The van der Waals surface area contributed by atoms with Crippen molar-refractivity contribution in [3.05, 3.63) is 0 Å². The number of nitrogens with zero attached hydrogens (tertiary/aromatic N) is 2. The van der Waals surface area contributed by atoms with Crippen molar-refractivity contribution in [2.45, 2.75) is 45.6 Å². The minimum Gasteiger partial charge on any atom is -0.302 e. The Bertz CT molecular complexity index is 247. The highest BCUT2D eigenvalue weighted by atomic mass is 16.1. The lowest BCUT2D eigenvalue weighted by atomic mass is 9.89. The normalized spacial score (nSPS) is 19.9. The topological polar surface area (TPSA) is 23.6 Å². The van der Waals surface area contributed by atoms with Crippen LogP contribution in [0.4, 0.5) is 0 Å². The molecule has 1 heterocycles. The summed E-state index contributed by atoms with van der Waals surface area (Å²) in [5.74, 6) is 1.00. The zero-order chi connectivity index (χ0) is 13.1. The van der Waals surface area contributed by atoms with Gasteiger partial charge in [-0.1, -0.05) is 0 Å². The van der Waals surface area contributed by atoms with Crippen molar-refractivity contribution in [2.24, 2.45) is 5.92 Å². The van der Waals surface area contributed by atoms with Gasteiger partial charge in [-0.15, -0.1) is 0 Å². The summed E-state index contributed by atoms with van der Waals surface area (Å²) in [6, 6.07) is 0. The summed E-state index contributed by atoms with van der Waals surface area (Å²) in [6.45, 7) is 9.69. The highest BCUT2D eigenvalue weighted by Gasteiger charge is 2.27. The summed E-state index contributed by atoms with van der Waals surface area (Å²) in [4.78, 5) is 16.2. The van der Waals surface area contributed by atoms with Crippen LogP contribution in [0, 0.1) is 5.92 Å². The van der Waals surface area contributed by atoms with Crippen molar-refractivity contribution >= 4 is 5.78 Å². The summed E-state index contributed by atoms with van der Waals surface area (Å²) >= 11 is 0. The number of rotatable bonds is 4. The van der Waals surface area contributed by atoms with Crippen LogP contribution in [0.5, 0.6) is 0 Å². The smallest absolute Gasteiger partial charge is 0.147 e. The van der Waals surface area contributed by atoms with Crippen molar-refractivity contribution in [3.8, 4) is 0 Å². The van der Waals surface area contributed by atoms with Crippen molar-refractivity contribution in [1.82, 2.24) is 9.80 Å². The van der Waals surface area contributed by atoms with Crippen molar-refractivity contribution in [2.75, 3.05) is 33.7 Å². The maximum atomic E-state index is 11.7. The number of piperidine rings is 1. The van der Waals surface area contributed by atoms with E-state index in [0.717, 1.165) is 19.5 Å². The SMILES string of the molecule is CN(C)CC(=O)CC1CCN(C(C)(C)C)CC1. The molecule has 0 unspecified atom stereocenters. The molecule has 0 aliphatic carbocycles. The number of carbonyl (C=O) groups is 1. The highest BCUT2D eigenvalue weighted by molar-refractivity contribution is 5.80. The molecular weight excluding hydrogens is 212 g/mol. The number of carbonyl (C=O) groups excluding carboxylic acids is 1. The average Bonchev–Trinajstić information content (AvgIpc) is 2.15. The first-order valence-corrected chi connectivity index (χ1v) is 6.70. The van der Waals surface area contributed by atoms with Gasteiger partial charge in [-0.05, 0) is 66.7 Å². The van der Waals surface area contributed by atoms with E-state index in [0.29, 0.717) is 18.2 Å². The third-order valence-corrected chi connectivity index (χ3v) is 3.57. The van der Waals surface area contributed by atoms with Gasteiger partial charge in [0.15, 0.2) is 0 Å². The van der Waals surface area contributed by atoms with Crippen LogP contribution >= 0.6 is 0 Å². The molecular formula is C14H28N2O. The third-order valence-electron chi connectivity index (χ3n) is 3.57. The van der Waals surface area contributed by atoms with E-state index in [2.05, 4.69) is 25.7 Å². The summed E-state index contributed by atoms with van der Waals surface area (Å²) in [5, 5.41) is 0.